The molecule has 1 N–H and O–H groups in total. The van der Waals surface area contributed by atoms with E-state index in [1.807, 2.05) is 45.0 Å². The minimum Gasteiger partial charge on any atom is -0.444 e. The first-order valence-corrected chi connectivity index (χ1v) is 11.0. The van der Waals surface area contributed by atoms with Gasteiger partial charge in [0.05, 0.1) is 5.75 Å². The van der Waals surface area contributed by atoms with Crippen molar-refractivity contribution in [1.29, 1.82) is 0 Å². The molecule has 1 aromatic heterocycles. The standard InChI is InChI=1S/C19H23BrN4O4S/c1-19(2,3)28-18(26)24-10-4-5-14(24)16-22-23-17(27-16)29-11-15(25)21-13-8-6-12(20)7-9-13/h6-9,14H,4-5,10-11H2,1-3H3,(H,21,25)/t14-/m0/s1. The lowest BCUT2D eigenvalue weighted by atomic mass is 10.2. The maximum absolute atomic E-state index is 12.4. The Balaban J connectivity index is 1.55. The van der Waals surface area contributed by atoms with Crippen LogP contribution in [0.1, 0.15) is 45.5 Å². The number of aromatic nitrogens is 2. The fourth-order valence-electron chi connectivity index (χ4n) is 2.83. The average Bonchev–Trinajstić information content (AvgIpc) is 3.29. The Morgan fingerprint density at radius 3 is 2.72 bits per heavy atom. The zero-order valence-corrected chi connectivity index (χ0v) is 18.9. The van der Waals surface area contributed by atoms with Gasteiger partial charge in [-0.05, 0) is 57.9 Å². The summed E-state index contributed by atoms with van der Waals surface area (Å²) in [6.45, 7) is 6.07. The zero-order valence-electron chi connectivity index (χ0n) is 16.5. The fourth-order valence-corrected chi connectivity index (χ4v) is 3.67. The number of likely N-dealkylation sites (tertiary alicyclic amines) is 1. The van der Waals surface area contributed by atoms with E-state index in [-0.39, 0.29) is 23.8 Å². The van der Waals surface area contributed by atoms with Crippen molar-refractivity contribution < 1.29 is 18.7 Å². The molecule has 0 spiro atoms. The maximum atomic E-state index is 12.4. The third kappa shape index (κ3) is 6.20. The summed E-state index contributed by atoms with van der Waals surface area (Å²) in [5.41, 5.74) is 0.145. The lowest BCUT2D eigenvalue weighted by molar-refractivity contribution is -0.113. The van der Waals surface area contributed by atoms with Gasteiger partial charge in [-0.2, -0.15) is 0 Å². The van der Waals surface area contributed by atoms with Crippen molar-refractivity contribution in [3.8, 4) is 0 Å². The van der Waals surface area contributed by atoms with Gasteiger partial charge in [0, 0.05) is 16.7 Å². The van der Waals surface area contributed by atoms with Crippen molar-refractivity contribution in [2.75, 3.05) is 17.6 Å². The van der Waals surface area contributed by atoms with Gasteiger partial charge in [0.2, 0.25) is 11.8 Å². The van der Waals surface area contributed by atoms with Gasteiger partial charge >= 0.3 is 6.09 Å². The number of carbonyl (C=O) groups is 2. The molecular weight excluding hydrogens is 460 g/mol. The Morgan fingerprint density at radius 1 is 1.31 bits per heavy atom. The molecule has 0 saturated carbocycles. The molecule has 8 nitrogen and oxygen atoms in total. The SMILES string of the molecule is CC(C)(C)OC(=O)N1CCC[C@H]1c1nnc(SCC(=O)Nc2ccc(Br)cc2)o1. The summed E-state index contributed by atoms with van der Waals surface area (Å²) in [4.78, 5) is 26.1. The fraction of sp³-hybridized carbons (Fsp3) is 0.474. The second-order valence-corrected chi connectivity index (χ2v) is 9.42. The van der Waals surface area contributed by atoms with E-state index in [1.165, 1.54) is 0 Å². The van der Waals surface area contributed by atoms with Crippen LogP contribution in [0.15, 0.2) is 38.4 Å². The molecule has 1 saturated heterocycles. The number of anilines is 1. The largest absolute Gasteiger partial charge is 0.444 e. The van der Waals surface area contributed by atoms with Gasteiger partial charge in [-0.1, -0.05) is 27.7 Å². The Labute approximate surface area is 181 Å². The number of carbonyl (C=O) groups excluding carboxylic acids is 2. The molecule has 156 valence electrons. The van der Waals surface area contributed by atoms with Crippen LogP contribution in [0.3, 0.4) is 0 Å². The third-order valence-corrected chi connectivity index (χ3v) is 5.39. The Kier molecular flexibility index (Phi) is 6.84. The Hall–Kier alpha value is -2.07. The molecule has 29 heavy (non-hydrogen) atoms. The number of amides is 2. The zero-order chi connectivity index (χ0) is 21.0. The monoisotopic (exact) mass is 482 g/mol. The number of thioether (sulfide) groups is 1. The van der Waals surface area contributed by atoms with Gasteiger partial charge in [-0.25, -0.2) is 4.79 Å². The summed E-state index contributed by atoms with van der Waals surface area (Å²) in [5, 5.41) is 11.2. The van der Waals surface area contributed by atoms with Crippen LogP contribution < -0.4 is 5.32 Å². The molecule has 1 fully saturated rings. The highest BCUT2D eigenvalue weighted by atomic mass is 79.9. The lowest BCUT2D eigenvalue weighted by Crippen LogP contribution is -2.36. The van der Waals surface area contributed by atoms with Crippen LogP contribution in [0, 0.1) is 0 Å². The summed E-state index contributed by atoms with van der Waals surface area (Å²) < 4.78 is 12.1. The van der Waals surface area contributed by atoms with Crippen LogP contribution in [0.2, 0.25) is 0 Å². The predicted molar refractivity (Wildman–Crippen MR) is 113 cm³/mol. The molecule has 1 aliphatic heterocycles. The van der Waals surface area contributed by atoms with E-state index < -0.39 is 5.60 Å². The molecule has 1 aliphatic rings. The van der Waals surface area contributed by atoms with Crippen LogP contribution in [-0.4, -0.2) is 45.0 Å². The van der Waals surface area contributed by atoms with E-state index in [1.54, 1.807) is 4.90 Å². The molecule has 0 bridgehead atoms. The summed E-state index contributed by atoms with van der Waals surface area (Å²) in [5.74, 6) is 0.329. The molecule has 0 aliphatic carbocycles. The Bertz CT molecular complexity index is 866. The molecular formula is C19H23BrN4O4S. The number of nitrogens with zero attached hydrogens (tertiary/aromatic N) is 3. The van der Waals surface area contributed by atoms with Gasteiger partial charge in [-0.3, -0.25) is 9.69 Å². The molecule has 2 amide bonds. The van der Waals surface area contributed by atoms with E-state index in [2.05, 4.69) is 31.4 Å². The average molecular weight is 483 g/mol. The van der Waals surface area contributed by atoms with Crippen molar-refractivity contribution in [2.24, 2.45) is 0 Å². The number of hydrogen-bond acceptors (Lipinski definition) is 7. The number of nitrogens with one attached hydrogen (secondary N) is 1. The molecule has 10 heteroatoms. The van der Waals surface area contributed by atoms with E-state index in [9.17, 15) is 9.59 Å². The summed E-state index contributed by atoms with van der Waals surface area (Å²) in [6.07, 6.45) is 1.18. The van der Waals surface area contributed by atoms with Crippen molar-refractivity contribution in [3.63, 3.8) is 0 Å². The molecule has 3 rings (SSSR count). The second kappa shape index (κ2) is 9.17. The van der Waals surface area contributed by atoms with E-state index in [4.69, 9.17) is 9.15 Å². The quantitative estimate of drug-likeness (QED) is 0.619. The maximum Gasteiger partial charge on any atom is 0.410 e. The molecule has 1 atom stereocenters. The molecule has 1 aromatic carbocycles. The number of benzene rings is 1. The lowest BCUT2D eigenvalue weighted by Gasteiger charge is -2.27. The second-order valence-electron chi connectivity index (χ2n) is 7.58. The third-order valence-electron chi connectivity index (χ3n) is 4.04. The first-order valence-electron chi connectivity index (χ1n) is 9.22. The van der Waals surface area contributed by atoms with Gasteiger partial charge < -0.3 is 14.5 Å². The topological polar surface area (TPSA) is 97.6 Å². The first kappa shape index (κ1) is 21.6. The van der Waals surface area contributed by atoms with Crippen molar-refractivity contribution >= 4 is 45.4 Å². The van der Waals surface area contributed by atoms with Gasteiger partial charge in [0.1, 0.15) is 11.6 Å². The van der Waals surface area contributed by atoms with Crippen molar-refractivity contribution in [2.45, 2.75) is 50.5 Å². The van der Waals surface area contributed by atoms with Crippen molar-refractivity contribution in [1.82, 2.24) is 15.1 Å². The predicted octanol–water partition coefficient (Wildman–Crippen LogP) is 4.63. The first-order chi connectivity index (χ1) is 13.7. The van der Waals surface area contributed by atoms with Gasteiger partial charge in [0.25, 0.3) is 5.22 Å². The highest BCUT2D eigenvalue weighted by Gasteiger charge is 2.36. The molecule has 0 radical (unpaired) electrons. The van der Waals surface area contributed by atoms with Crippen LogP contribution in [0.25, 0.3) is 0 Å². The summed E-state index contributed by atoms with van der Waals surface area (Å²) in [6, 6.07) is 7.02. The smallest absolute Gasteiger partial charge is 0.410 e. The summed E-state index contributed by atoms with van der Waals surface area (Å²) in [7, 11) is 0. The number of halogens is 1. The Morgan fingerprint density at radius 2 is 2.03 bits per heavy atom. The highest BCUT2D eigenvalue weighted by Crippen LogP contribution is 2.33. The minimum absolute atomic E-state index is 0.137. The number of rotatable bonds is 5. The van der Waals surface area contributed by atoms with E-state index in [0.717, 1.165) is 29.1 Å². The summed E-state index contributed by atoms with van der Waals surface area (Å²) >= 11 is 4.51. The van der Waals surface area contributed by atoms with Gasteiger partial charge in [0.15, 0.2) is 0 Å². The molecule has 2 heterocycles. The van der Waals surface area contributed by atoms with Crippen LogP contribution in [0.5, 0.6) is 0 Å². The normalized spacial score (nSPS) is 16.7. The van der Waals surface area contributed by atoms with Crippen LogP contribution in [0.4, 0.5) is 10.5 Å². The number of ether oxygens (including phenoxy) is 1. The van der Waals surface area contributed by atoms with E-state index in [0.29, 0.717) is 23.3 Å². The van der Waals surface area contributed by atoms with Crippen LogP contribution in [-0.2, 0) is 9.53 Å². The molecule has 0 unspecified atom stereocenters. The molecule has 2 aromatic rings. The number of hydrogen-bond donors (Lipinski definition) is 1. The van der Waals surface area contributed by atoms with Crippen molar-refractivity contribution in [3.05, 3.63) is 34.6 Å². The van der Waals surface area contributed by atoms with E-state index >= 15 is 0 Å². The van der Waals surface area contributed by atoms with Crippen LogP contribution >= 0.6 is 27.7 Å². The van der Waals surface area contributed by atoms with Gasteiger partial charge in [-0.15, -0.1) is 10.2 Å². The minimum atomic E-state index is -0.567. The highest BCUT2D eigenvalue weighted by molar-refractivity contribution is 9.10.